The summed E-state index contributed by atoms with van der Waals surface area (Å²) in [5, 5.41) is 3.36. The minimum absolute atomic E-state index is 0.0546. The fraction of sp³-hybridized carbons (Fsp3) is 0.250. The number of carbonyl (C=O) groups is 1. The summed E-state index contributed by atoms with van der Waals surface area (Å²) in [6.45, 7) is 2.96. The smallest absolute Gasteiger partial charge is 0.194 e. The predicted octanol–water partition coefficient (Wildman–Crippen LogP) is 2.98. The lowest BCUT2D eigenvalue weighted by molar-refractivity contribution is 0.103. The predicted molar refractivity (Wildman–Crippen MR) is 75.7 cm³/mol. The third kappa shape index (κ3) is 2.24. The van der Waals surface area contributed by atoms with Gasteiger partial charge < -0.3 is 5.32 Å². The number of anilines is 1. The van der Waals surface area contributed by atoms with Crippen LogP contribution in [0.5, 0.6) is 0 Å². The lowest BCUT2D eigenvalue weighted by atomic mass is 9.96. The molecule has 0 spiro atoms. The number of rotatable bonds is 2. The van der Waals surface area contributed by atoms with Gasteiger partial charge in [-0.2, -0.15) is 0 Å². The second kappa shape index (κ2) is 4.84. The largest absolute Gasteiger partial charge is 0.385 e. The Labute approximate surface area is 112 Å². The van der Waals surface area contributed by atoms with E-state index in [1.54, 1.807) is 12.4 Å². The van der Waals surface area contributed by atoms with Gasteiger partial charge in [-0.3, -0.25) is 9.78 Å². The topological polar surface area (TPSA) is 42.0 Å². The third-order valence-electron chi connectivity index (χ3n) is 3.59. The van der Waals surface area contributed by atoms with E-state index in [0.717, 1.165) is 36.2 Å². The Hall–Kier alpha value is -2.16. The summed E-state index contributed by atoms with van der Waals surface area (Å²) < 4.78 is 0. The molecule has 96 valence electrons. The van der Waals surface area contributed by atoms with Crippen LogP contribution in [0.15, 0.2) is 36.7 Å². The van der Waals surface area contributed by atoms with Gasteiger partial charge in [0, 0.05) is 35.8 Å². The zero-order chi connectivity index (χ0) is 13.2. The molecule has 1 aromatic heterocycles. The molecule has 1 aromatic carbocycles. The number of fused-ring (bicyclic) bond motifs is 1. The monoisotopic (exact) mass is 252 g/mol. The molecule has 0 radical (unpaired) electrons. The first-order valence-corrected chi connectivity index (χ1v) is 6.58. The number of benzene rings is 1. The molecule has 3 nitrogen and oxygen atoms in total. The molecule has 0 saturated heterocycles. The quantitative estimate of drug-likeness (QED) is 0.835. The number of carbonyl (C=O) groups excluding carboxylic acids is 1. The number of hydrogen-bond acceptors (Lipinski definition) is 3. The molecule has 0 amide bonds. The highest BCUT2D eigenvalue weighted by molar-refractivity contribution is 6.10. The first kappa shape index (κ1) is 11.9. The van der Waals surface area contributed by atoms with E-state index in [2.05, 4.69) is 10.3 Å². The van der Waals surface area contributed by atoms with Gasteiger partial charge in [-0.15, -0.1) is 0 Å². The first-order valence-electron chi connectivity index (χ1n) is 6.58. The summed E-state index contributed by atoms with van der Waals surface area (Å²) >= 11 is 0. The van der Waals surface area contributed by atoms with Crippen LogP contribution in [0.3, 0.4) is 0 Å². The van der Waals surface area contributed by atoms with Crippen molar-refractivity contribution in [3.05, 3.63) is 58.9 Å². The molecule has 2 heterocycles. The molecule has 1 aliphatic rings. The molecular weight excluding hydrogens is 236 g/mol. The van der Waals surface area contributed by atoms with E-state index in [4.69, 9.17) is 0 Å². The van der Waals surface area contributed by atoms with Crippen molar-refractivity contribution in [2.24, 2.45) is 0 Å². The summed E-state index contributed by atoms with van der Waals surface area (Å²) in [7, 11) is 0. The zero-order valence-electron chi connectivity index (χ0n) is 10.9. The molecule has 0 unspecified atom stereocenters. The Morgan fingerprint density at radius 2 is 2.21 bits per heavy atom. The number of nitrogens with one attached hydrogen (secondary N) is 1. The second-order valence-corrected chi connectivity index (χ2v) is 4.92. The number of pyridine rings is 1. The highest BCUT2D eigenvalue weighted by Gasteiger charge is 2.15. The Balaban J connectivity index is 1.98. The number of aryl methyl sites for hydroxylation is 2. The molecule has 0 fully saturated rings. The molecule has 0 aliphatic carbocycles. The van der Waals surface area contributed by atoms with Crippen LogP contribution < -0.4 is 5.32 Å². The minimum Gasteiger partial charge on any atom is -0.385 e. The van der Waals surface area contributed by atoms with Gasteiger partial charge in [0.15, 0.2) is 5.78 Å². The molecule has 3 heteroatoms. The van der Waals surface area contributed by atoms with E-state index >= 15 is 0 Å². The highest BCUT2D eigenvalue weighted by atomic mass is 16.1. The van der Waals surface area contributed by atoms with Gasteiger partial charge >= 0.3 is 0 Å². The summed E-state index contributed by atoms with van der Waals surface area (Å²) in [4.78, 5) is 16.5. The van der Waals surface area contributed by atoms with Gasteiger partial charge in [-0.05, 0) is 55.2 Å². The average molecular weight is 252 g/mol. The van der Waals surface area contributed by atoms with Crippen LogP contribution in [0.2, 0.25) is 0 Å². The Morgan fingerprint density at radius 3 is 3.05 bits per heavy atom. The van der Waals surface area contributed by atoms with Crippen molar-refractivity contribution in [3.8, 4) is 0 Å². The number of nitrogens with zero attached hydrogens (tertiary/aromatic N) is 1. The van der Waals surface area contributed by atoms with Crippen molar-refractivity contribution in [3.63, 3.8) is 0 Å². The van der Waals surface area contributed by atoms with Gasteiger partial charge in [-0.1, -0.05) is 0 Å². The fourth-order valence-corrected chi connectivity index (χ4v) is 2.47. The molecule has 19 heavy (non-hydrogen) atoms. The third-order valence-corrected chi connectivity index (χ3v) is 3.59. The van der Waals surface area contributed by atoms with Crippen molar-refractivity contribution in [2.75, 3.05) is 11.9 Å². The molecule has 0 bridgehead atoms. The number of hydrogen-bond donors (Lipinski definition) is 1. The van der Waals surface area contributed by atoms with Crippen molar-refractivity contribution in [1.82, 2.24) is 4.98 Å². The van der Waals surface area contributed by atoms with Crippen molar-refractivity contribution < 1.29 is 4.79 Å². The van der Waals surface area contributed by atoms with Crippen molar-refractivity contribution in [1.29, 1.82) is 0 Å². The summed E-state index contributed by atoms with van der Waals surface area (Å²) in [5.74, 6) is 0.0546. The number of aromatic nitrogens is 1. The molecule has 0 atom stereocenters. The van der Waals surface area contributed by atoms with E-state index in [1.807, 2.05) is 31.2 Å². The normalized spacial score (nSPS) is 13.5. The zero-order valence-corrected chi connectivity index (χ0v) is 10.9. The Morgan fingerprint density at radius 1 is 1.32 bits per heavy atom. The second-order valence-electron chi connectivity index (χ2n) is 4.92. The minimum atomic E-state index is 0.0546. The summed E-state index contributed by atoms with van der Waals surface area (Å²) in [6, 6.07) is 7.78. The molecular formula is C16H16N2O. The molecule has 0 saturated carbocycles. The van der Waals surface area contributed by atoms with E-state index in [0.29, 0.717) is 5.56 Å². The van der Waals surface area contributed by atoms with Gasteiger partial charge in [0.25, 0.3) is 0 Å². The summed E-state index contributed by atoms with van der Waals surface area (Å²) in [5.41, 5.74) is 4.80. The lowest BCUT2D eigenvalue weighted by Gasteiger charge is -2.18. The van der Waals surface area contributed by atoms with E-state index in [1.165, 1.54) is 5.56 Å². The van der Waals surface area contributed by atoms with E-state index < -0.39 is 0 Å². The maximum absolute atomic E-state index is 12.5. The van der Waals surface area contributed by atoms with Crippen LogP contribution in [0.4, 0.5) is 5.69 Å². The molecule has 1 N–H and O–H groups in total. The van der Waals surface area contributed by atoms with Crippen LogP contribution >= 0.6 is 0 Å². The van der Waals surface area contributed by atoms with Crippen molar-refractivity contribution >= 4 is 11.5 Å². The van der Waals surface area contributed by atoms with Crippen LogP contribution in [-0.4, -0.2) is 17.3 Å². The first-order chi connectivity index (χ1) is 9.25. The molecule has 2 aromatic rings. The van der Waals surface area contributed by atoms with E-state index in [-0.39, 0.29) is 5.78 Å². The van der Waals surface area contributed by atoms with Crippen LogP contribution in [0.1, 0.15) is 33.5 Å². The summed E-state index contributed by atoms with van der Waals surface area (Å²) in [6.07, 6.45) is 5.52. The van der Waals surface area contributed by atoms with Crippen molar-refractivity contribution in [2.45, 2.75) is 19.8 Å². The van der Waals surface area contributed by atoms with Crippen LogP contribution in [0.25, 0.3) is 0 Å². The average Bonchev–Trinajstić information content (AvgIpc) is 2.46. The molecule has 1 aliphatic heterocycles. The maximum atomic E-state index is 12.5. The SMILES string of the molecule is Cc1ccncc1C(=O)c1ccc2c(c1)CCCN2. The lowest BCUT2D eigenvalue weighted by Crippen LogP contribution is -2.13. The highest BCUT2D eigenvalue weighted by Crippen LogP contribution is 2.24. The van der Waals surface area contributed by atoms with E-state index in [9.17, 15) is 4.79 Å². The Bertz CT molecular complexity index is 634. The standard InChI is InChI=1S/C16H16N2O/c1-11-6-8-17-10-14(11)16(19)13-4-5-15-12(9-13)3-2-7-18-15/h4-6,8-10,18H,2-3,7H2,1H3. The van der Waals surface area contributed by atoms with Gasteiger partial charge in [0.2, 0.25) is 0 Å². The number of ketones is 1. The Kier molecular flexibility index (Phi) is 3.03. The van der Waals surface area contributed by atoms with Gasteiger partial charge in [0.1, 0.15) is 0 Å². The molecule has 3 rings (SSSR count). The maximum Gasteiger partial charge on any atom is 0.194 e. The fourth-order valence-electron chi connectivity index (χ4n) is 2.47. The van der Waals surface area contributed by atoms with Gasteiger partial charge in [-0.25, -0.2) is 0 Å². The van der Waals surface area contributed by atoms with Gasteiger partial charge in [0.05, 0.1) is 0 Å². The van der Waals surface area contributed by atoms with Crippen LogP contribution in [-0.2, 0) is 6.42 Å². The van der Waals surface area contributed by atoms with Crippen LogP contribution in [0, 0.1) is 6.92 Å².